The lowest BCUT2D eigenvalue weighted by atomic mass is 9.81. The number of carbonyl (C=O) groups excluding carboxylic acids is 3. The zero-order valence-electron chi connectivity index (χ0n) is 26.9. The molecule has 4 amide bonds. The molecule has 0 bridgehead atoms. The van der Waals surface area contributed by atoms with Crippen molar-refractivity contribution in [2.45, 2.75) is 25.7 Å². The van der Waals surface area contributed by atoms with Gasteiger partial charge in [0.1, 0.15) is 11.5 Å². The van der Waals surface area contributed by atoms with Crippen LogP contribution in [0.1, 0.15) is 46.4 Å². The number of rotatable bonds is 6. The molecule has 17 heteroatoms. The minimum Gasteiger partial charge on any atom is -0.506 e. The van der Waals surface area contributed by atoms with Gasteiger partial charge in [-0.2, -0.15) is 16.8 Å². The van der Waals surface area contributed by atoms with Crippen LogP contribution in [-0.4, -0.2) is 65.4 Å². The summed E-state index contributed by atoms with van der Waals surface area (Å²) >= 11 is 0. The number of nitrogens with one attached hydrogen (secondary N) is 2. The number of aliphatic imine (C=N–C) groups is 2. The standard InChI is InChI=1S/C35H30N4O11S2/c40-29-15-11-19-9-13-21(51(45,46)47)17-25(19)31(29)38-33(42)23-5-1-3-7-27(23)36-35(44)37-28-8-4-2-6-24(28)34(43)39-32-26-18-22(52(48,49)50)14-10-20(26)12-16-30(32)41/h1-10,13-16,25-26,40-41H,11-12,17-18H2,(H2,36,37,44)(H,45,46,47)(H,48,49,50)/b38-31+,39-32+. The van der Waals surface area contributed by atoms with Crippen molar-refractivity contribution in [2.75, 3.05) is 10.6 Å². The summed E-state index contributed by atoms with van der Waals surface area (Å²) in [5, 5.41) is 26.3. The molecule has 4 aliphatic carbocycles. The second kappa shape index (κ2) is 14.1. The number of anilines is 2. The van der Waals surface area contributed by atoms with Crippen molar-refractivity contribution < 1.29 is 50.5 Å². The number of fused-ring (bicyclic) bond motifs is 2. The summed E-state index contributed by atoms with van der Waals surface area (Å²) < 4.78 is 66.2. The molecule has 6 N–H and O–H groups in total. The molecule has 15 nitrogen and oxygen atoms in total. The van der Waals surface area contributed by atoms with E-state index in [-0.39, 0.29) is 80.9 Å². The van der Waals surface area contributed by atoms with Crippen LogP contribution in [0.3, 0.4) is 0 Å². The van der Waals surface area contributed by atoms with Gasteiger partial charge in [0.05, 0.1) is 43.7 Å². The third kappa shape index (κ3) is 7.62. The highest BCUT2D eigenvalue weighted by atomic mass is 32.2. The maximum absolute atomic E-state index is 13.5. The lowest BCUT2D eigenvalue weighted by Gasteiger charge is -2.28. The van der Waals surface area contributed by atoms with Crippen molar-refractivity contribution >= 4 is 60.9 Å². The Balaban J connectivity index is 1.22. The number of hydrogen-bond donors (Lipinski definition) is 6. The van der Waals surface area contributed by atoms with Crippen LogP contribution in [0, 0.1) is 11.8 Å². The summed E-state index contributed by atoms with van der Waals surface area (Å²) in [6.45, 7) is 0. The van der Waals surface area contributed by atoms with Gasteiger partial charge in [-0.25, -0.2) is 14.8 Å². The van der Waals surface area contributed by atoms with Gasteiger partial charge in [-0.15, -0.1) is 0 Å². The fourth-order valence-corrected chi connectivity index (χ4v) is 7.45. The van der Waals surface area contributed by atoms with E-state index in [1.165, 1.54) is 85.0 Å². The Kier molecular flexibility index (Phi) is 9.78. The number of benzene rings is 2. The quantitative estimate of drug-likeness (QED) is 0.198. The molecule has 0 radical (unpaired) electrons. The Morgan fingerprint density at radius 1 is 0.615 bits per heavy atom. The molecule has 0 saturated carbocycles. The first kappa shape index (κ1) is 36.1. The number of hydrogen-bond acceptors (Lipinski definition) is 9. The molecule has 0 saturated heterocycles. The first-order valence-corrected chi connectivity index (χ1v) is 18.5. The van der Waals surface area contributed by atoms with Crippen molar-refractivity contribution in [3.05, 3.63) is 129 Å². The van der Waals surface area contributed by atoms with Crippen LogP contribution in [0.2, 0.25) is 0 Å². The largest absolute Gasteiger partial charge is 0.506 e. The molecule has 0 aliphatic heterocycles. The smallest absolute Gasteiger partial charge is 0.323 e. The minimum absolute atomic E-state index is 0.00665. The second-order valence-electron chi connectivity index (χ2n) is 12.1. The predicted octanol–water partition coefficient (Wildman–Crippen LogP) is 5.62. The van der Waals surface area contributed by atoms with E-state index in [2.05, 4.69) is 20.6 Å². The number of allylic oxidation sites excluding steroid dienone is 12. The minimum atomic E-state index is -4.53. The Morgan fingerprint density at radius 2 is 1.00 bits per heavy atom. The molecule has 268 valence electrons. The fourth-order valence-electron chi connectivity index (χ4n) is 6.22. The molecule has 2 aromatic rings. The summed E-state index contributed by atoms with van der Waals surface area (Å²) in [5.41, 5.74) is 0.979. The molecule has 2 aromatic carbocycles. The maximum Gasteiger partial charge on any atom is 0.323 e. The molecule has 0 spiro atoms. The monoisotopic (exact) mass is 746 g/mol. The number of urea groups is 1. The van der Waals surface area contributed by atoms with E-state index < -0.39 is 49.9 Å². The number of amides is 4. The third-order valence-electron chi connectivity index (χ3n) is 8.84. The molecule has 2 atom stereocenters. The molecular weight excluding hydrogens is 717 g/mol. The normalized spacial score (nSPS) is 21.7. The SMILES string of the molecule is O=C(Nc1ccccc1C(=O)/N=C1/C(O)=CCC2=CC=C(S(=O)(=O)O)CC21)Nc1ccccc1C(=O)/N=C1/C(O)=CCC2=CC=C(S(=O)(=O)O)CC21. The van der Waals surface area contributed by atoms with Crippen molar-refractivity contribution in [1.29, 1.82) is 0 Å². The predicted molar refractivity (Wildman–Crippen MR) is 191 cm³/mol. The molecule has 6 rings (SSSR count). The van der Waals surface area contributed by atoms with E-state index in [4.69, 9.17) is 0 Å². The molecule has 0 heterocycles. The number of para-hydroxylation sites is 2. The number of aliphatic hydroxyl groups excluding tert-OH is 2. The highest BCUT2D eigenvalue weighted by molar-refractivity contribution is 7.90. The third-order valence-corrected chi connectivity index (χ3v) is 10.8. The Bertz CT molecular complexity index is 2230. The highest BCUT2D eigenvalue weighted by Crippen LogP contribution is 2.38. The van der Waals surface area contributed by atoms with Gasteiger partial charge in [-0.1, -0.05) is 47.6 Å². The lowest BCUT2D eigenvalue weighted by Crippen LogP contribution is -2.28. The highest BCUT2D eigenvalue weighted by Gasteiger charge is 2.35. The van der Waals surface area contributed by atoms with Crippen molar-refractivity contribution in [3.63, 3.8) is 0 Å². The molecule has 2 unspecified atom stereocenters. The van der Waals surface area contributed by atoms with E-state index in [9.17, 15) is 50.5 Å². The van der Waals surface area contributed by atoms with Crippen molar-refractivity contribution in [3.8, 4) is 0 Å². The number of aliphatic hydroxyl groups is 2. The fraction of sp³-hybridized carbons (Fsp3) is 0.171. The summed E-state index contributed by atoms with van der Waals surface area (Å²) in [6, 6.07) is 10.8. The Hall–Kier alpha value is -5.75. The van der Waals surface area contributed by atoms with E-state index in [1.54, 1.807) is 0 Å². The van der Waals surface area contributed by atoms with E-state index in [0.717, 1.165) is 0 Å². The number of nitrogens with zero attached hydrogens (tertiary/aromatic N) is 2. The second-order valence-corrected chi connectivity index (χ2v) is 15.0. The van der Waals surface area contributed by atoms with Gasteiger partial charge in [0.2, 0.25) is 0 Å². The van der Waals surface area contributed by atoms with E-state index >= 15 is 0 Å². The zero-order valence-corrected chi connectivity index (χ0v) is 28.6. The van der Waals surface area contributed by atoms with Gasteiger partial charge in [0.15, 0.2) is 0 Å². The van der Waals surface area contributed by atoms with Crippen LogP contribution >= 0.6 is 0 Å². The summed E-state index contributed by atoms with van der Waals surface area (Å²) in [6.07, 6.45) is 8.44. The molecule has 4 aliphatic rings. The first-order valence-electron chi connectivity index (χ1n) is 15.6. The molecule has 0 aromatic heterocycles. The van der Waals surface area contributed by atoms with Crippen molar-refractivity contribution in [2.24, 2.45) is 21.8 Å². The van der Waals surface area contributed by atoms with Gasteiger partial charge < -0.3 is 20.8 Å². The first-order chi connectivity index (χ1) is 24.6. The van der Waals surface area contributed by atoms with Crippen molar-refractivity contribution in [1.82, 2.24) is 0 Å². The van der Waals surface area contributed by atoms with Gasteiger partial charge in [-0.05, 0) is 74.3 Å². The van der Waals surface area contributed by atoms with Crippen LogP contribution in [0.5, 0.6) is 0 Å². The van der Waals surface area contributed by atoms with E-state index in [0.29, 0.717) is 11.1 Å². The van der Waals surface area contributed by atoms with Gasteiger partial charge in [0.25, 0.3) is 32.1 Å². The van der Waals surface area contributed by atoms with Crippen LogP contribution < -0.4 is 10.6 Å². The Morgan fingerprint density at radius 3 is 1.38 bits per heavy atom. The van der Waals surface area contributed by atoms with Gasteiger partial charge in [0, 0.05) is 11.8 Å². The average molecular weight is 747 g/mol. The maximum atomic E-state index is 13.5. The van der Waals surface area contributed by atoms with Crippen LogP contribution in [0.4, 0.5) is 16.2 Å². The van der Waals surface area contributed by atoms with Crippen LogP contribution in [-0.2, 0) is 20.2 Å². The van der Waals surface area contributed by atoms with Gasteiger partial charge in [-0.3, -0.25) is 18.7 Å². The lowest BCUT2D eigenvalue weighted by molar-refractivity contribution is 0.0994. The van der Waals surface area contributed by atoms with Gasteiger partial charge >= 0.3 is 6.03 Å². The molecular formula is C35H30N4O11S2. The zero-order chi connectivity index (χ0) is 37.4. The topological polar surface area (TPSA) is 249 Å². The average Bonchev–Trinajstić information content (AvgIpc) is 3.09. The summed E-state index contributed by atoms with van der Waals surface area (Å²) in [7, 11) is -9.06. The van der Waals surface area contributed by atoms with Crippen LogP contribution in [0.25, 0.3) is 0 Å². The summed E-state index contributed by atoms with van der Waals surface area (Å²) in [5.74, 6) is -4.00. The van der Waals surface area contributed by atoms with E-state index in [1.807, 2.05) is 0 Å². The molecule has 52 heavy (non-hydrogen) atoms. The summed E-state index contributed by atoms with van der Waals surface area (Å²) in [4.78, 5) is 47.8. The number of carbonyl (C=O) groups is 3. The molecule has 0 fully saturated rings. The Labute approximate surface area is 297 Å². The van der Waals surface area contributed by atoms with Crippen LogP contribution in [0.15, 0.2) is 127 Å².